The Labute approximate surface area is 172 Å². The lowest BCUT2D eigenvalue weighted by Crippen LogP contribution is -2.33. The van der Waals surface area contributed by atoms with E-state index in [-0.39, 0.29) is 22.3 Å². The molecule has 0 unspecified atom stereocenters. The normalized spacial score (nSPS) is 12.0. The summed E-state index contributed by atoms with van der Waals surface area (Å²) in [6, 6.07) is 13.1. The Balaban J connectivity index is 1.93. The van der Waals surface area contributed by atoms with E-state index in [1.54, 1.807) is 6.08 Å². The summed E-state index contributed by atoms with van der Waals surface area (Å²) in [5.41, 5.74) is 0.855. The van der Waals surface area contributed by atoms with Crippen LogP contribution in [-0.2, 0) is 4.79 Å². The Hall–Kier alpha value is -3.08. The van der Waals surface area contributed by atoms with E-state index in [0.717, 1.165) is 17.7 Å². The highest BCUT2D eigenvalue weighted by atomic mass is 16.5. The molecule has 29 heavy (non-hydrogen) atoms. The number of carbonyl (C=O) groups excluding carboxylic acids is 1. The molecular formula is C24H28O5. The predicted molar refractivity (Wildman–Crippen MR) is 113 cm³/mol. The van der Waals surface area contributed by atoms with E-state index in [0.29, 0.717) is 0 Å². The smallest absolute Gasteiger partial charge is 0.336 e. The lowest BCUT2D eigenvalue weighted by atomic mass is 9.83. The van der Waals surface area contributed by atoms with Crippen LogP contribution in [0.15, 0.2) is 54.6 Å². The number of ether oxygens (including phenoxy) is 2. The summed E-state index contributed by atoms with van der Waals surface area (Å²) < 4.78 is 11.3. The van der Waals surface area contributed by atoms with Crippen molar-refractivity contribution in [1.82, 2.24) is 0 Å². The standard InChI is InChI=1S/C24H28O5/c1-23(2,3)16-24(4,5)29-20-11-6-17(7-12-20)8-15-21(25)28-19-13-9-18(10-14-19)22(26)27/h6-15H,16H2,1-5H3,(H,26,27)/b15-8+. The van der Waals surface area contributed by atoms with Crippen LogP contribution in [0.25, 0.3) is 6.08 Å². The van der Waals surface area contributed by atoms with E-state index in [2.05, 4.69) is 34.6 Å². The molecule has 5 heteroatoms. The van der Waals surface area contributed by atoms with Gasteiger partial charge in [-0.3, -0.25) is 0 Å². The van der Waals surface area contributed by atoms with E-state index >= 15 is 0 Å². The van der Waals surface area contributed by atoms with Gasteiger partial charge in [0.25, 0.3) is 0 Å². The van der Waals surface area contributed by atoms with Crippen molar-refractivity contribution in [3.63, 3.8) is 0 Å². The number of hydrogen-bond donors (Lipinski definition) is 1. The highest BCUT2D eigenvalue weighted by molar-refractivity contribution is 5.89. The van der Waals surface area contributed by atoms with Crippen LogP contribution in [0.1, 0.15) is 57.0 Å². The zero-order valence-electron chi connectivity index (χ0n) is 17.6. The second kappa shape index (κ2) is 8.95. The van der Waals surface area contributed by atoms with Gasteiger partial charge in [-0.25, -0.2) is 9.59 Å². The summed E-state index contributed by atoms with van der Waals surface area (Å²) in [5, 5.41) is 8.87. The second-order valence-electron chi connectivity index (χ2n) is 8.75. The van der Waals surface area contributed by atoms with Crippen LogP contribution >= 0.6 is 0 Å². The van der Waals surface area contributed by atoms with Crippen molar-refractivity contribution in [1.29, 1.82) is 0 Å². The minimum atomic E-state index is -1.03. The molecule has 154 valence electrons. The van der Waals surface area contributed by atoms with Crippen LogP contribution in [0, 0.1) is 5.41 Å². The lowest BCUT2D eigenvalue weighted by Gasteiger charge is -2.33. The number of aromatic carboxylic acids is 1. The van der Waals surface area contributed by atoms with Crippen molar-refractivity contribution < 1.29 is 24.2 Å². The van der Waals surface area contributed by atoms with E-state index < -0.39 is 11.9 Å². The van der Waals surface area contributed by atoms with Gasteiger partial charge in [0.1, 0.15) is 17.1 Å². The molecule has 1 N–H and O–H groups in total. The van der Waals surface area contributed by atoms with Gasteiger partial charge in [0.05, 0.1) is 5.56 Å². The minimum absolute atomic E-state index is 0.133. The third-order valence-electron chi connectivity index (χ3n) is 3.96. The number of rotatable bonds is 7. The van der Waals surface area contributed by atoms with Crippen LogP contribution in [0.5, 0.6) is 11.5 Å². The van der Waals surface area contributed by atoms with Gasteiger partial charge in [0.2, 0.25) is 0 Å². The summed E-state index contributed by atoms with van der Waals surface area (Å²) in [6.07, 6.45) is 3.89. The molecule has 0 bridgehead atoms. The molecule has 2 aromatic carbocycles. The number of carbonyl (C=O) groups is 2. The van der Waals surface area contributed by atoms with Crippen LogP contribution < -0.4 is 9.47 Å². The first-order valence-electron chi connectivity index (χ1n) is 9.46. The number of carboxylic acid groups (broad SMARTS) is 1. The van der Waals surface area contributed by atoms with Gasteiger partial charge >= 0.3 is 11.9 Å². The summed E-state index contributed by atoms with van der Waals surface area (Å²) in [4.78, 5) is 22.8. The number of esters is 1. The van der Waals surface area contributed by atoms with Crippen LogP contribution in [0.2, 0.25) is 0 Å². The maximum Gasteiger partial charge on any atom is 0.336 e. The molecule has 0 amide bonds. The molecule has 0 saturated heterocycles. The molecule has 2 aromatic rings. The first-order valence-corrected chi connectivity index (χ1v) is 9.46. The van der Waals surface area contributed by atoms with E-state index in [1.165, 1.54) is 30.3 Å². The van der Waals surface area contributed by atoms with E-state index in [4.69, 9.17) is 14.6 Å². The van der Waals surface area contributed by atoms with Crippen LogP contribution in [0.3, 0.4) is 0 Å². The van der Waals surface area contributed by atoms with Crippen molar-refractivity contribution in [2.24, 2.45) is 5.41 Å². The molecule has 0 fully saturated rings. The number of carboxylic acids is 1. The Bertz CT molecular complexity index is 869. The maximum absolute atomic E-state index is 11.9. The maximum atomic E-state index is 11.9. The molecule has 5 nitrogen and oxygen atoms in total. The fourth-order valence-electron chi connectivity index (χ4n) is 3.26. The molecule has 2 rings (SSSR count). The van der Waals surface area contributed by atoms with Gasteiger partial charge in [-0.15, -0.1) is 0 Å². The van der Waals surface area contributed by atoms with Crippen molar-refractivity contribution >= 4 is 18.0 Å². The van der Waals surface area contributed by atoms with Gasteiger partial charge in [-0.05, 0) is 73.7 Å². The Morgan fingerprint density at radius 2 is 1.45 bits per heavy atom. The highest BCUT2D eigenvalue weighted by Crippen LogP contribution is 2.31. The monoisotopic (exact) mass is 396 g/mol. The topological polar surface area (TPSA) is 72.8 Å². The molecule has 0 heterocycles. The number of benzene rings is 2. The van der Waals surface area contributed by atoms with Crippen molar-refractivity contribution in [3.05, 3.63) is 65.7 Å². The third-order valence-corrected chi connectivity index (χ3v) is 3.96. The zero-order chi connectivity index (χ0) is 21.7. The van der Waals surface area contributed by atoms with Gasteiger partial charge in [0, 0.05) is 6.08 Å². The zero-order valence-corrected chi connectivity index (χ0v) is 17.6. The largest absolute Gasteiger partial charge is 0.488 e. The van der Waals surface area contributed by atoms with Crippen molar-refractivity contribution in [2.75, 3.05) is 0 Å². The summed E-state index contributed by atoms with van der Waals surface area (Å²) in [7, 11) is 0. The average Bonchev–Trinajstić information content (AvgIpc) is 2.59. The number of hydrogen-bond acceptors (Lipinski definition) is 4. The van der Waals surface area contributed by atoms with Crippen LogP contribution in [0.4, 0.5) is 0 Å². The first kappa shape index (κ1) is 22.2. The molecule has 0 saturated carbocycles. The Morgan fingerprint density at radius 3 is 1.97 bits per heavy atom. The molecule has 0 atom stereocenters. The molecule has 0 aliphatic heterocycles. The summed E-state index contributed by atoms with van der Waals surface area (Å²) in [5.74, 6) is -0.510. The first-order chi connectivity index (χ1) is 13.4. The lowest BCUT2D eigenvalue weighted by molar-refractivity contribution is -0.128. The minimum Gasteiger partial charge on any atom is -0.488 e. The second-order valence-corrected chi connectivity index (χ2v) is 8.75. The molecule has 0 spiro atoms. The van der Waals surface area contributed by atoms with Gasteiger partial charge in [-0.1, -0.05) is 32.9 Å². The van der Waals surface area contributed by atoms with Crippen molar-refractivity contribution in [3.8, 4) is 11.5 Å². The van der Waals surface area contributed by atoms with Crippen molar-refractivity contribution in [2.45, 2.75) is 46.6 Å². The molecule has 0 aliphatic rings. The average molecular weight is 396 g/mol. The fraction of sp³-hybridized carbons (Fsp3) is 0.333. The molecule has 0 aromatic heterocycles. The summed E-state index contributed by atoms with van der Waals surface area (Å²) in [6.45, 7) is 10.7. The highest BCUT2D eigenvalue weighted by Gasteiger charge is 2.27. The fourth-order valence-corrected chi connectivity index (χ4v) is 3.26. The SMILES string of the molecule is CC(C)(C)CC(C)(C)Oc1ccc(/C=C/C(=O)Oc2ccc(C(=O)O)cc2)cc1. The Kier molecular flexibility index (Phi) is 6.85. The van der Waals surface area contributed by atoms with E-state index in [9.17, 15) is 9.59 Å². The third kappa shape index (κ3) is 7.82. The van der Waals surface area contributed by atoms with Gasteiger partial charge in [-0.2, -0.15) is 0 Å². The molecular weight excluding hydrogens is 368 g/mol. The molecule has 0 radical (unpaired) electrons. The predicted octanol–water partition coefficient (Wildman–Crippen LogP) is 5.60. The van der Waals surface area contributed by atoms with Crippen LogP contribution in [-0.4, -0.2) is 22.6 Å². The Morgan fingerprint density at radius 1 is 0.897 bits per heavy atom. The quantitative estimate of drug-likeness (QED) is 0.375. The molecule has 0 aliphatic carbocycles. The van der Waals surface area contributed by atoms with E-state index in [1.807, 2.05) is 24.3 Å². The summed E-state index contributed by atoms with van der Waals surface area (Å²) >= 11 is 0. The van der Waals surface area contributed by atoms with Gasteiger partial charge in [0.15, 0.2) is 0 Å². The van der Waals surface area contributed by atoms with Gasteiger partial charge < -0.3 is 14.6 Å².